The molecule has 0 spiro atoms. The maximum Gasteiger partial charge on any atom is 0.326 e. The standard InChI is InChI=1S/C19H35N7O5S/c1-10(2)14(17(29)24-12(18(30)31)6-4-8-23-19(20)21)26-16(28)13(9-32)25-15(27)11-5-3-7-22-11/h10-14,22,32H,3-9H2,1-2H3,(H,24,29)(H,25,27)(H,26,28)(H,30,31)(H4,20,21,23). The predicted octanol–water partition coefficient (Wildman–Crippen LogP) is -2.08. The van der Waals surface area contributed by atoms with Crippen LogP contribution in [0.1, 0.15) is 39.5 Å². The summed E-state index contributed by atoms with van der Waals surface area (Å²) in [6.07, 6.45) is 2.02. The van der Waals surface area contributed by atoms with E-state index in [0.717, 1.165) is 13.0 Å². The minimum atomic E-state index is -1.21. The molecule has 1 heterocycles. The van der Waals surface area contributed by atoms with Crippen LogP contribution >= 0.6 is 12.6 Å². The zero-order valence-electron chi connectivity index (χ0n) is 18.5. The van der Waals surface area contributed by atoms with Crippen molar-refractivity contribution < 1.29 is 24.3 Å². The van der Waals surface area contributed by atoms with Crippen LogP contribution in [0.25, 0.3) is 0 Å². The summed E-state index contributed by atoms with van der Waals surface area (Å²) < 4.78 is 0. The number of aliphatic imine (C=N–C) groups is 1. The molecule has 1 aliphatic rings. The molecule has 9 N–H and O–H groups in total. The fraction of sp³-hybridized carbons (Fsp3) is 0.737. The van der Waals surface area contributed by atoms with Crippen LogP contribution in [-0.2, 0) is 19.2 Å². The normalized spacial score (nSPS) is 18.3. The Morgan fingerprint density at radius 2 is 1.81 bits per heavy atom. The van der Waals surface area contributed by atoms with Crippen molar-refractivity contribution in [1.82, 2.24) is 21.3 Å². The number of carboxylic acids is 1. The molecule has 4 atom stereocenters. The lowest BCUT2D eigenvalue weighted by atomic mass is 10.0. The molecular weight excluding hydrogens is 438 g/mol. The second kappa shape index (κ2) is 13.8. The molecule has 1 saturated heterocycles. The van der Waals surface area contributed by atoms with Gasteiger partial charge in [-0.05, 0) is 38.1 Å². The van der Waals surface area contributed by atoms with Crippen LogP contribution in [0.5, 0.6) is 0 Å². The van der Waals surface area contributed by atoms with Gasteiger partial charge in [-0.25, -0.2) is 4.79 Å². The van der Waals surface area contributed by atoms with E-state index in [9.17, 15) is 24.3 Å². The largest absolute Gasteiger partial charge is 0.480 e. The van der Waals surface area contributed by atoms with Gasteiger partial charge < -0.3 is 37.8 Å². The molecule has 0 aromatic carbocycles. The molecule has 0 radical (unpaired) electrons. The Morgan fingerprint density at radius 1 is 1.12 bits per heavy atom. The highest BCUT2D eigenvalue weighted by atomic mass is 32.1. The Morgan fingerprint density at radius 3 is 2.31 bits per heavy atom. The Kier molecular flexibility index (Phi) is 11.8. The van der Waals surface area contributed by atoms with Crippen LogP contribution < -0.4 is 32.7 Å². The van der Waals surface area contributed by atoms with Gasteiger partial charge in [-0.2, -0.15) is 12.6 Å². The van der Waals surface area contributed by atoms with Gasteiger partial charge in [0.1, 0.15) is 18.1 Å². The molecule has 1 aliphatic heterocycles. The summed E-state index contributed by atoms with van der Waals surface area (Å²) in [6.45, 7) is 4.40. The summed E-state index contributed by atoms with van der Waals surface area (Å²) in [5.41, 5.74) is 10.5. The third-order valence-electron chi connectivity index (χ3n) is 5.00. The minimum Gasteiger partial charge on any atom is -0.480 e. The van der Waals surface area contributed by atoms with Gasteiger partial charge in [-0.15, -0.1) is 0 Å². The molecule has 0 saturated carbocycles. The van der Waals surface area contributed by atoms with Crippen molar-refractivity contribution in [2.75, 3.05) is 18.8 Å². The first-order chi connectivity index (χ1) is 15.1. The van der Waals surface area contributed by atoms with Crippen molar-refractivity contribution in [1.29, 1.82) is 0 Å². The van der Waals surface area contributed by atoms with Crippen LogP contribution in [0.4, 0.5) is 0 Å². The van der Waals surface area contributed by atoms with Gasteiger partial charge in [-0.3, -0.25) is 19.4 Å². The van der Waals surface area contributed by atoms with E-state index in [1.54, 1.807) is 13.8 Å². The number of carbonyl (C=O) groups is 4. The maximum atomic E-state index is 12.7. The van der Waals surface area contributed by atoms with Crippen LogP contribution in [-0.4, -0.2) is 77.8 Å². The summed E-state index contributed by atoms with van der Waals surface area (Å²) >= 11 is 4.14. The summed E-state index contributed by atoms with van der Waals surface area (Å²) in [4.78, 5) is 53.1. The first-order valence-electron chi connectivity index (χ1n) is 10.6. The van der Waals surface area contributed by atoms with Gasteiger partial charge in [0, 0.05) is 12.3 Å². The Labute approximate surface area is 193 Å². The predicted molar refractivity (Wildman–Crippen MR) is 123 cm³/mol. The lowest BCUT2D eigenvalue weighted by Gasteiger charge is -2.26. The van der Waals surface area contributed by atoms with E-state index in [1.807, 2.05) is 0 Å². The quantitative estimate of drug-likeness (QED) is 0.0644. The lowest BCUT2D eigenvalue weighted by molar-refractivity contribution is -0.142. The van der Waals surface area contributed by atoms with Crippen LogP contribution in [0.2, 0.25) is 0 Å². The maximum absolute atomic E-state index is 12.7. The number of guanidine groups is 1. The van der Waals surface area contributed by atoms with E-state index in [-0.39, 0.29) is 42.5 Å². The van der Waals surface area contributed by atoms with Crippen LogP contribution in [0.3, 0.4) is 0 Å². The number of hydrogen-bond donors (Lipinski definition) is 8. The number of aliphatic carboxylic acids is 1. The van der Waals surface area contributed by atoms with Crippen molar-refractivity contribution in [2.24, 2.45) is 22.4 Å². The van der Waals surface area contributed by atoms with E-state index >= 15 is 0 Å². The third-order valence-corrected chi connectivity index (χ3v) is 5.36. The molecule has 1 fully saturated rings. The topological polar surface area (TPSA) is 201 Å². The highest BCUT2D eigenvalue weighted by Crippen LogP contribution is 2.08. The molecule has 1 rings (SSSR count). The average Bonchev–Trinajstić information content (AvgIpc) is 3.26. The highest BCUT2D eigenvalue weighted by Gasteiger charge is 2.32. The fourth-order valence-electron chi connectivity index (χ4n) is 3.19. The molecule has 0 aromatic heterocycles. The van der Waals surface area contributed by atoms with Gasteiger partial charge in [0.25, 0.3) is 0 Å². The number of nitrogens with two attached hydrogens (primary N) is 2. The molecule has 13 heteroatoms. The van der Waals surface area contributed by atoms with E-state index < -0.39 is 35.9 Å². The first-order valence-corrected chi connectivity index (χ1v) is 11.2. The fourth-order valence-corrected chi connectivity index (χ4v) is 3.44. The number of amides is 3. The van der Waals surface area contributed by atoms with E-state index in [2.05, 4.69) is 38.9 Å². The monoisotopic (exact) mass is 473 g/mol. The number of hydrogen-bond acceptors (Lipinski definition) is 7. The van der Waals surface area contributed by atoms with Crippen molar-refractivity contribution in [3.63, 3.8) is 0 Å². The van der Waals surface area contributed by atoms with E-state index in [1.165, 1.54) is 0 Å². The number of rotatable bonds is 13. The molecule has 0 aromatic rings. The third kappa shape index (κ3) is 9.30. The van der Waals surface area contributed by atoms with Gasteiger partial charge in [0.05, 0.1) is 6.04 Å². The number of thiol groups is 1. The summed E-state index contributed by atoms with van der Waals surface area (Å²) in [5, 5.41) is 20.2. The molecule has 182 valence electrons. The second-order valence-corrected chi connectivity index (χ2v) is 8.34. The number of carbonyl (C=O) groups excluding carboxylic acids is 3. The molecular formula is C19H35N7O5S. The van der Waals surface area contributed by atoms with E-state index in [0.29, 0.717) is 12.8 Å². The minimum absolute atomic E-state index is 0.0409. The number of carboxylic acid groups (broad SMARTS) is 1. The van der Waals surface area contributed by atoms with Crippen molar-refractivity contribution >= 4 is 42.3 Å². The van der Waals surface area contributed by atoms with Gasteiger partial charge in [-0.1, -0.05) is 13.8 Å². The Bertz CT molecular complexity index is 694. The van der Waals surface area contributed by atoms with Gasteiger partial charge in [0.15, 0.2) is 5.96 Å². The lowest BCUT2D eigenvalue weighted by Crippen LogP contribution is -2.58. The summed E-state index contributed by atoms with van der Waals surface area (Å²) in [5.74, 6) is -3.10. The first kappa shape index (κ1) is 27.5. The number of nitrogens with one attached hydrogen (secondary N) is 4. The molecule has 4 unspecified atom stereocenters. The molecule has 3 amide bonds. The van der Waals surface area contributed by atoms with Gasteiger partial charge >= 0.3 is 5.97 Å². The zero-order valence-corrected chi connectivity index (χ0v) is 19.4. The Balaban J connectivity index is 2.72. The molecule has 0 aliphatic carbocycles. The average molecular weight is 474 g/mol. The SMILES string of the molecule is CC(C)C(NC(=O)C(CS)NC(=O)C1CCCN1)C(=O)NC(CCCN=C(N)N)C(=O)O. The van der Waals surface area contributed by atoms with Crippen LogP contribution in [0.15, 0.2) is 4.99 Å². The summed E-state index contributed by atoms with van der Waals surface area (Å²) in [6, 6.07) is -3.45. The van der Waals surface area contributed by atoms with Crippen molar-refractivity contribution in [3.05, 3.63) is 0 Å². The second-order valence-electron chi connectivity index (χ2n) is 7.97. The smallest absolute Gasteiger partial charge is 0.326 e. The Hall–Kier alpha value is -2.54. The highest BCUT2D eigenvalue weighted by molar-refractivity contribution is 7.80. The van der Waals surface area contributed by atoms with Gasteiger partial charge in [0.2, 0.25) is 17.7 Å². The molecule has 32 heavy (non-hydrogen) atoms. The van der Waals surface area contributed by atoms with Crippen molar-refractivity contribution in [3.8, 4) is 0 Å². The number of nitrogens with zero attached hydrogens (tertiary/aromatic N) is 1. The van der Waals surface area contributed by atoms with Crippen LogP contribution in [0, 0.1) is 5.92 Å². The van der Waals surface area contributed by atoms with E-state index in [4.69, 9.17) is 11.5 Å². The summed E-state index contributed by atoms with van der Waals surface area (Å²) in [7, 11) is 0. The van der Waals surface area contributed by atoms with Crippen molar-refractivity contribution in [2.45, 2.75) is 63.7 Å². The molecule has 0 bridgehead atoms. The molecule has 12 nitrogen and oxygen atoms in total. The zero-order chi connectivity index (χ0) is 24.3.